The maximum Gasteiger partial charge on any atom is 0.213 e. The molecular formula is C10H20BrNO2S. The molecule has 1 fully saturated rings. The molecule has 3 nitrogen and oxygen atoms in total. The summed E-state index contributed by atoms with van der Waals surface area (Å²) < 4.78 is 25.7. The zero-order valence-electron chi connectivity index (χ0n) is 9.37. The predicted octanol–water partition coefficient (Wildman–Crippen LogP) is 2.27. The van der Waals surface area contributed by atoms with E-state index < -0.39 is 10.0 Å². The molecule has 1 aliphatic carbocycles. The van der Waals surface area contributed by atoms with Gasteiger partial charge < -0.3 is 0 Å². The molecule has 0 amide bonds. The van der Waals surface area contributed by atoms with Crippen molar-refractivity contribution in [3.8, 4) is 0 Å². The van der Waals surface area contributed by atoms with Gasteiger partial charge >= 0.3 is 0 Å². The van der Waals surface area contributed by atoms with Crippen LogP contribution >= 0.6 is 15.9 Å². The molecule has 0 bridgehead atoms. The zero-order chi connectivity index (χ0) is 11.5. The Hall–Kier alpha value is 0.390. The van der Waals surface area contributed by atoms with E-state index in [1.54, 1.807) is 13.8 Å². The van der Waals surface area contributed by atoms with Gasteiger partial charge in [0, 0.05) is 11.4 Å². The first-order valence-electron chi connectivity index (χ1n) is 5.54. The minimum Gasteiger partial charge on any atom is -0.215 e. The van der Waals surface area contributed by atoms with Crippen LogP contribution in [-0.2, 0) is 10.0 Å². The van der Waals surface area contributed by atoms with Crippen molar-refractivity contribution in [1.82, 2.24) is 4.72 Å². The van der Waals surface area contributed by atoms with Crippen LogP contribution in [-0.4, -0.2) is 25.0 Å². The highest BCUT2D eigenvalue weighted by Gasteiger charge is 2.22. The fourth-order valence-electron chi connectivity index (χ4n) is 1.73. The van der Waals surface area contributed by atoms with Gasteiger partial charge in [-0.1, -0.05) is 15.9 Å². The molecule has 1 N–H and O–H groups in total. The van der Waals surface area contributed by atoms with Crippen molar-refractivity contribution in [2.24, 2.45) is 5.92 Å². The maximum absolute atomic E-state index is 11.5. The number of nitrogens with one attached hydrogen (secondary N) is 1. The van der Waals surface area contributed by atoms with E-state index in [-0.39, 0.29) is 5.25 Å². The lowest BCUT2D eigenvalue weighted by Crippen LogP contribution is -2.35. The van der Waals surface area contributed by atoms with Gasteiger partial charge in [-0.15, -0.1) is 0 Å². The van der Waals surface area contributed by atoms with Crippen molar-refractivity contribution in [2.75, 3.05) is 6.54 Å². The molecular weight excluding hydrogens is 278 g/mol. The summed E-state index contributed by atoms with van der Waals surface area (Å²) in [6.45, 7) is 4.02. The largest absolute Gasteiger partial charge is 0.215 e. The third-order valence-electron chi connectivity index (χ3n) is 2.97. The smallest absolute Gasteiger partial charge is 0.213 e. The van der Waals surface area contributed by atoms with Crippen LogP contribution in [0.5, 0.6) is 0 Å². The van der Waals surface area contributed by atoms with Gasteiger partial charge in [-0.05, 0) is 45.4 Å². The molecule has 0 aromatic carbocycles. The molecule has 0 aromatic rings. The molecule has 1 aliphatic rings. The van der Waals surface area contributed by atoms with Crippen molar-refractivity contribution < 1.29 is 8.42 Å². The monoisotopic (exact) mass is 297 g/mol. The third kappa shape index (κ3) is 4.41. The third-order valence-corrected chi connectivity index (χ3v) is 5.70. The van der Waals surface area contributed by atoms with Crippen molar-refractivity contribution in [3.05, 3.63) is 0 Å². The van der Waals surface area contributed by atoms with Gasteiger partial charge in [-0.2, -0.15) is 0 Å². The Morgan fingerprint density at radius 1 is 1.27 bits per heavy atom. The van der Waals surface area contributed by atoms with Crippen LogP contribution in [0.25, 0.3) is 0 Å². The van der Waals surface area contributed by atoms with Crippen LogP contribution in [0.3, 0.4) is 0 Å². The first-order chi connectivity index (χ1) is 6.92. The summed E-state index contributed by atoms with van der Waals surface area (Å²) in [7, 11) is -3.07. The van der Waals surface area contributed by atoms with Crippen LogP contribution in [0.4, 0.5) is 0 Å². The Morgan fingerprint density at radius 2 is 1.80 bits per heavy atom. The predicted molar refractivity (Wildman–Crippen MR) is 66.7 cm³/mol. The lowest BCUT2D eigenvalue weighted by atomic mass is 9.89. The molecule has 0 spiro atoms. The molecule has 15 heavy (non-hydrogen) atoms. The van der Waals surface area contributed by atoms with Crippen LogP contribution in [0, 0.1) is 5.92 Å². The molecule has 0 heterocycles. The molecule has 0 saturated heterocycles. The summed E-state index contributed by atoms with van der Waals surface area (Å²) in [5, 5.41) is -0.329. The van der Waals surface area contributed by atoms with E-state index in [2.05, 4.69) is 20.7 Å². The SMILES string of the molecule is CC(C)S(=O)(=O)NCC1CCC(Br)CC1. The minimum atomic E-state index is -3.07. The summed E-state index contributed by atoms with van der Waals surface area (Å²) in [5.74, 6) is 0.521. The average molecular weight is 298 g/mol. The van der Waals surface area contributed by atoms with Crippen molar-refractivity contribution in [1.29, 1.82) is 0 Å². The zero-order valence-corrected chi connectivity index (χ0v) is 11.8. The molecule has 0 aliphatic heterocycles. The van der Waals surface area contributed by atoms with Crippen LogP contribution < -0.4 is 4.72 Å². The first kappa shape index (κ1) is 13.5. The maximum atomic E-state index is 11.5. The van der Waals surface area contributed by atoms with Gasteiger partial charge in [0.05, 0.1) is 5.25 Å². The van der Waals surface area contributed by atoms with Gasteiger partial charge in [0.2, 0.25) is 10.0 Å². The van der Waals surface area contributed by atoms with Gasteiger partial charge in [0.25, 0.3) is 0 Å². The second-order valence-electron chi connectivity index (χ2n) is 4.56. The second kappa shape index (κ2) is 5.64. The van der Waals surface area contributed by atoms with E-state index in [0.29, 0.717) is 17.3 Å². The van der Waals surface area contributed by atoms with Crippen molar-refractivity contribution >= 4 is 26.0 Å². The Balaban J connectivity index is 2.32. The summed E-state index contributed by atoms with van der Waals surface area (Å²) in [5.41, 5.74) is 0. The molecule has 0 aromatic heterocycles. The highest BCUT2D eigenvalue weighted by atomic mass is 79.9. The second-order valence-corrected chi connectivity index (χ2v) is 8.18. The first-order valence-corrected chi connectivity index (χ1v) is 8.00. The number of rotatable bonds is 4. The minimum absolute atomic E-state index is 0.329. The summed E-state index contributed by atoms with van der Waals surface area (Å²) in [6, 6.07) is 0. The lowest BCUT2D eigenvalue weighted by Gasteiger charge is -2.25. The number of hydrogen-bond acceptors (Lipinski definition) is 2. The topological polar surface area (TPSA) is 46.2 Å². The van der Waals surface area contributed by atoms with Crippen LogP contribution in [0.15, 0.2) is 0 Å². The fourth-order valence-corrected chi connectivity index (χ4v) is 3.06. The number of halogens is 1. The number of hydrogen-bond donors (Lipinski definition) is 1. The average Bonchev–Trinajstić information content (AvgIpc) is 2.17. The molecule has 90 valence electrons. The van der Waals surface area contributed by atoms with E-state index in [0.717, 1.165) is 25.7 Å². The molecule has 0 atom stereocenters. The molecule has 1 rings (SSSR count). The lowest BCUT2D eigenvalue weighted by molar-refractivity contribution is 0.366. The van der Waals surface area contributed by atoms with E-state index in [4.69, 9.17) is 0 Å². The standard InChI is InChI=1S/C10H20BrNO2S/c1-8(2)15(13,14)12-7-9-3-5-10(11)6-4-9/h8-10,12H,3-7H2,1-2H3. The Morgan fingerprint density at radius 3 is 2.27 bits per heavy atom. The van der Waals surface area contributed by atoms with Gasteiger partial charge in [-0.3, -0.25) is 0 Å². The Bertz CT molecular complexity index is 282. The normalized spacial score (nSPS) is 28.3. The Kier molecular flexibility index (Phi) is 5.06. The molecule has 1 saturated carbocycles. The van der Waals surface area contributed by atoms with Gasteiger partial charge in [0.15, 0.2) is 0 Å². The highest BCUT2D eigenvalue weighted by molar-refractivity contribution is 9.09. The molecule has 5 heteroatoms. The summed E-state index contributed by atoms with van der Waals surface area (Å²) in [6.07, 6.45) is 4.56. The Labute approximate surface area is 101 Å². The number of sulfonamides is 1. The van der Waals surface area contributed by atoms with E-state index >= 15 is 0 Å². The molecule has 0 unspecified atom stereocenters. The van der Waals surface area contributed by atoms with E-state index in [1.165, 1.54) is 0 Å². The van der Waals surface area contributed by atoms with Crippen molar-refractivity contribution in [3.63, 3.8) is 0 Å². The summed E-state index contributed by atoms with van der Waals surface area (Å²) in [4.78, 5) is 0.635. The fraction of sp³-hybridized carbons (Fsp3) is 1.00. The number of alkyl halides is 1. The summed E-state index contributed by atoms with van der Waals surface area (Å²) >= 11 is 3.59. The van der Waals surface area contributed by atoms with Crippen molar-refractivity contribution in [2.45, 2.75) is 49.6 Å². The highest BCUT2D eigenvalue weighted by Crippen LogP contribution is 2.28. The van der Waals surface area contributed by atoms with Crippen LogP contribution in [0.2, 0.25) is 0 Å². The van der Waals surface area contributed by atoms with Crippen LogP contribution in [0.1, 0.15) is 39.5 Å². The quantitative estimate of drug-likeness (QED) is 0.809. The van der Waals surface area contributed by atoms with Gasteiger partial charge in [0.1, 0.15) is 0 Å². The molecule has 0 radical (unpaired) electrons. The van der Waals surface area contributed by atoms with Gasteiger partial charge in [-0.25, -0.2) is 13.1 Å². The van der Waals surface area contributed by atoms with E-state index in [1.807, 2.05) is 0 Å². The van der Waals surface area contributed by atoms with E-state index in [9.17, 15) is 8.42 Å².